The Hall–Kier alpha value is -2.54. The van der Waals surface area contributed by atoms with Gasteiger partial charge in [0.2, 0.25) is 0 Å². The van der Waals surface area contributed by atoms with E-state index in [4.69, 9.17) is 13.5 Å². The van der Waals surface area contributed by atoms with Gasteiger partial charge in [0.1, 0.15) is 11.4 Å². The van der Waals surface area contributed by atoms with Crippen LogP contribution < -0.4 is 8.53 Å². The molecule has 3 nitrogen and oxygen atoms in total. The van der Waals surface area contributed by atoms with Gasteiger partial charge in [0, 0.05) is 11.8 Å². The normalized spacial score (nSPS) is 12.1. The fourth-order valence-corrected chi connectivity index (χ4v) is 4.24. The van der Waals surface area contributed by atoms with Crippen molar-refractivity contribution in [1.29, 1.82) is 0 Å². The zero-order valence-electron chi connectivity index (χ0n) is 21.3. The number of ether oxygens (including phenoxy) is 1. The quantitative estimate of drug-likeness (QED) is 0.275. The van der Waals surface area contributed by atoms with E-state index in [1.54, 1.807) is 0 Å². The van der Waals surface area contributed by atoms with Gasteiger partial charge in [0.15, 0.2) is 5.75 Å². The average molecular weight is 458 g/mol. The maximum atomic E-state index is 6.50. The Balaban J connectivity index is 2.11. The molecule has 0 heterocycles. The summed E-state index contributed by atoms with van der Waals surface area (Å²) in [6.07, 6.45) is 1.93. The molecular weight excluding hydrogens is 421 g/mol. The summed E-state index contributed by atoms with van der Waals surface area (Å²) in [6, 6.07) is 22.2. The standard InChI is InChI=1S/C27H31NO2.2CH3.Al/c1-26(2,3)20-16-19(25(29)22(17-20)27(4,5)6)18-28-23-14-10-11-15-24(23)30-21-12-8-7-9-13-21;;;/h7-18,29H,1-6H3;2*1H3;/q;;;+1/p-1. The molecule has 0 aliphatic heterocycles. The van der Waals surface area contributed by atoms with E-state index in [9.17, 15) is 0 Å². The van der Waals surface area contributed by atoms with Crippen LogP contribution in [0.3, 0.4) is 0 Å². The second-order valence-electron chi connectivity index (χ2n) is 10.7. The molecule has 4 heteroatoms. The highest BCUT2D eigenvalue weighted by atomic mass is 27.2. The van der Waals surface area contributed by atoms with Crippen LogP contribution in [0.5, 0.6) is 17.2 Å². The number of hydrogen-bond acceptors (Lipinski definition) is 3. The molecule has 0 fully saturated rings. The zero-order chi connectivity index (χ0) is 24.2. The number of para-hydroxylation sites is 3. The van der Waals surface area contributed by atoms with E-state index < -0.39 is 14.5 Å². The zero-order valence-corrected chi connectivity index (χ0v) is 22.4. The summed E-state index contributed by atoms with van der Waals surface area (Å²) < 4.78 is 12.6. The lowest BCUT2D eigenvalue weighted by Crippen LogP contribution is -2.22. The molecule has 0 unspecified atom stereocenters. The number of benzene rings is 3. The first-order chi connectivity index (χ1) is 15.4. The van der Waals surface area contributed by atoms with Crippen molar-refractivity contribution in [2.45, 2.75) is 63.9 Å². The van der Waals surface area contributed by atoms with Gasteiger partial charge in [-0.1, -0.05) is 89.5 Å². The van der Waals surface area contributed by atoms with Crippen molar-refractivity contribution >= 4 is 26.4 Å². The molecule has 0 N–H and O–H groups in total. The van der Waals surface area contributed by atoms with Crippen molar-refractivity contribution in [3.63, 3.8) is 0 Å². The number of hydrogen-bond donors (Lipinski definition) is 0. The van der Waals surface area contributed by atoms with Crippen LogP contribution in [-0.4, -0.2) is 20.7 Å². The van der Waals surface area contributed by atoms with Crippen LogP contribution >= 0.6 is 0 Å². The van der Waals surface area contributed by atoms with Crippen LogP contribution in [0.4, 0.5) is 5.69 Å². The van der Waals surface area contributed by atoms with Crippen molar-refractivity contribution in [1.82, 2.24) is 0 Å². The van der Waals surface area contributed by atoms with Gasteiger partial charge in [0.25, 0.3) is 0 Å². The van der Waals surface area contributed by atoms with Gasteiger partial charge < -0.3 is 8.53 Å². The number of aliphatic imine (C=N–C) groups is 1. The van der Waals surface area contributed by atoms with E-state index in [-0.39, 0.29) is 10.8 Å². The summed E-state index contributed by atoms with van der Waals surface area (Å²) in [7, 11) is 0. The first kappa shape index (κ1) is 25.1. The average Bonchev–Trinajstić information content (AvgIpc) is 2.72. The highest BCUT2D eigenvalue weighted by Gasteiger charge is 2.26. The third kappa shape index (κ3) is 6.73. The minimum atomic E-state index is -1.32. The Morgan fingerprint density at radius 2 is 1.42 bits per heavy atom. The predicted octanol–water partition coefficient (Wildman–Crippen LogP) is 8.45. The van der Waals surface area contributed by atoms with Gasteiger partial charge in [0.05, 0.1) is 5.75 Å². The Morgan fingerprint density at radius 3 is 2.03 bits per heavy atom. The monoisotopic (exact) mass is 457 g/mol. The molecule has 0 aliphatic carbocycles. The van der Waals surface area contributed by atoms with Gasteiger partial charge in [-0.2, -0.15) is 0 Å². The molecule has 3 aromatic carbocycles. The van der Waals surface area contributed by atoms with Gasteiger partial charge >= 0.3 is 14.5 Å². The highest BCUT2D eigenvalue weighted by molar-refractivity contribution is 6.49. The molecule has 0 saturated carbocycles. The van der Waals surface area contributed by atoms with Crippen molar-refractivity contribution < 1.29 is 8.53 Å². The lowest BCUT2D eigenvalue weighted by atomic mass is 9.79. The largest absolute Gasteiger partial charge is 0.642 e. The smallest absolute Gasteiger partial charge is 0.540 e. The topological polar surface area (TPSA) is 30.8 Å². The minimum absolute atomic E-state index is 0.0186. The summed E-state index contributed by atoms with van der Waals surface area (Å²) in [6.45, 7) is 13.5. The Labute approximate surface area is 204 Å². The highest BCUT2D eigenvalue weighted by Crippen LogP contribution is 2.39. The number of rotatable bonds is 6. The first-order valence-electron chi connectivity index (χ1n) is 11.7. The SMILES string of the molecule is [CH3][Al]([CH3])[O]c1c(C=Nc2ccccc2Oc2ccccc2)cc(C(C)(C)C)cc1C(C)(C)C. The van der Waals surface area contributed by atoms with Crippen molar-refractivity contribution in [2.75, 3.05) is 0 Å². The van der Waals surface area contributed by atoms with E-state index in [0.29, 0.717) is 0 Å². The van der Waals surface area contributed by atoms with Gasteiger partial charge in [-0.3, -0.25) is 4.99 Å². The van der Waals surface area contributed by atoms with Crippen LogP contribution in [0, 0.1) is 0 Å². The number of nitrogens with zero attached hydrogens (tertiary/aromatic N) is 1. The summed E-state index contributed by atoms with van der Waals surface area (Å²) >= 11 is -1.32. The van der Waals surface area contributed by atoms with Crippen LogP contribution in [0.2, 0.25) is 11.6 Å². The molecule has 3 aromatic rings. The Morgan fingerprint density at radius 1 is 0.788 bits per heavy atom. The summed E-state index contributed by atoms with van der Waals surface area (Å²) in [4.78, 5) is 4.87. The predicted molar refractivity (Wildman–Crippen MR) is 142 cm³/mol. The molecule has 33 heavy (non-hydrogen) atoms. The lowest BCUT2D eigenvalue weighted by Gasteiger charge is -2.30. The van der Waals surface area contributed by atoms with Crippen LogP contribution in [0.1, 0.15) is 58.2 Å². The molecule has 0 saturated heterocycles. The van der Waals surface area contributed by atoms with Crippen molar-refractivity contribution in [3.05, 3.63) is 83.4 Å². The maximum Gasteiger partial charge on any atom is 0.540 e. The van der Waals surface area contributed by atoms with E-state index in [1.165, 1.54) is 11.1 Å². The van der Waals surface area contributed by atoms with E-state index in [0.717, 1.165) is 28.5 Å². The Kier molecular flexibility index (Phi) is 7.73. The molecule has 3 rings (SSSR count). The van der Waals surface area contributed by atoms with E-state index >= 15 is 0 Å². The van der Waals surface area contributed by atoms with E-state index in [1.807, 2.05) is 60.8 Å². The van der Waals surface area contributed by atoms with Crippen molar-refractivity contribution in [3.8, 4) is 17.2 Å². The fourth-order valence-electron chi connectivity index (χ4n) is 3.51. The summed E-state index contributed by atoms with van der Waals surface area (Å²) in [5.74, 6) is 6.88. The second-order valence-corrected chi connectivity index (χ2v) is 13.1. The molecule has 0 aliphatic rings. The molecule has 0 radical (unpaired) electrons. The molecule has 0 atom stereocenters. The van der Waals surface area contributed by atoms with Gasteiger partial charge in [-0.25, -0.2) is 0 Å². The second kappa shape index (κ2) is 10.2. The third-order valence-electron chi connectivity index (χ3n) is 5.32. The molecule has 172 valence electrons. The third-order valence-corrected chi connectivity index (χ3v) is 6.03. The summed E-state index contributed by atoms with van der Waals surface area (Å²) in [5.41, 5.74) is 4.28. The molecular formula is C29H36AlNO2. The molecule has 0 aromatic heterocycles. The van der Waals surface area contributed by atoms with Gasteiger partial charge in [-0.05, 0) is 52.3 Å². The van der Waals surface area contributed by atoms with E-state index in [2.05, 4.69) is 65.2 Å². The van der Waals surface area contributed by atoms with Crippen LogP contribution in [0.25, 0.3) is 0 Å². The lowest BCUT2D eigenvalue weighted by molar-refractivity contribution is 0.484. The molecule has 0 bridgehead atoms. The maximum absolute atomic E-state index is 6.50. The Bertz CT molecular complexity index is 1110. The molecule has 0 spiro atoms. The summed E-state index contributed by atoms with van der Waals surface area (Å²) in [5, 5.41) is 0. The van der Waals surface area contributed by atoms with Gasteiger partial charge in [-0.15, -0.1) is 0 Å². The van der Waals surface area contributed by atoms with Crippen LogP contribution in [-0.2, 0) is 10.8 Å². The first-order valence-corrected chi connectivity index (χ1v) is 14.4. The van der Waals surface area contributed by atoms with Crippen LogP contribution in [0.15, 0.2) is 71.7 Å². The molecule has 0 amide bonds. The fraction of sp³-hybridized carbons (Fsp3) is 0.345. The van der Waals surface area contributed by atoms with Crippen molar-refractivity contribution in [2.24, 2.45) is 4.99 Å². The minimum Gasteiger partial charge on any atom is -0.642 e.